The zero-order valence-corrected chi connectivity index (χ0v) is 13.7. The van der Waals surface area contributed by atoms with E-state index in [1.807, 2.05) is 6.07 Å². The first-order valence-electron chi connectivity index (χ1n) is 8.86. The Balaban J connectivity index is 1.81. The van der Waals surface area contributed by atoms with Crippen LogP contribution >= 0.6 is 0 Å². The number of halogens is 1. The van der Waals surface area contributed by atoms with Crippen LogP contribution in [0.25, 0.3) is 0 Å². The lowest BCUT2D eigenvalue weighted by molar-refractivity contribution is -0.145. The number of hydrogen-bond donors (Lipinski definition) is 1. The molecule has 1 aromatic rings. The lowest BCUT2D eigenvalue weighted by atomic mass is 9.69. The van der Waals surface area contributed by atoms with Gasteiger partial charge >= 0.3 is 5.97 Å². The van der Waals surface area contributed by atoms with E-state index in [0.29, 0.717) is 30.5 Å². The van der Waals surface area contributed by atoms with E-state index in [0.717, 1.165) is 32.4 Å². The van der Waals surface area contributed by atoms with E-state index in [9.17, 15) is 14.3 Å². The molecule has 1 heterocycles. The smallest absolute Gasteiger partial charge is 0.314 e. The van der Waals surface area contributed by atoms with Crippen molar-refractivity contribution in [2.75, 3.05) is 13.1 Å². The monoisotopic (exact) mass is 319 g/mol. The van der Waals surface area contributed by atoms with E-state index in [1.165, 1.54) is 25.3 Å². The minimum absolute atomic E-state index is 0.251. The number of carboxylic acid groups (broad SMARTS) is 1. The van der Waals surface area contributed by atoms with Crippen LogP contribution in [0.4, 0.5) is 4.39 Å². The largest absolute Gasteiger partial charge is 0.481 e. The first-order chi connectivity index (χ1) is 11.1. The molecule has 1 N–H and O–H groups in total. The van der Waals surface area contributed by atoms with Crippen LogP contribution in [0.2, 0.25) is 0 Å². The number of aliphatic carboxylic acids is 1. The van der Waals surface area contributed by atoms with E-state index in [-0.39, 0.29) is 5.82 Å². The van der Waals surface area contributed by atoms with Crippen molar-refractivity contribution in [1.29, 1.82) is 0 Å². The SMILES string of the molecule is O=C(O)C1(c2ccc(CN3CCCCC3)c(F)c2)CCCCC1. The van der Waals surface area contributed by atoms with E-state index < -0.39 is 11.4 Å². The van der Waals surface area contributed by atoms with Gasteiger partial charge in [0.2, 0.25) is 0 Å². The van der Waals surface area contributed by atoms with Crippen LogP contribution < -0.4 is 0 Å². The highest BCUT2D eigenvalue weighted by Crippen LogP contribution is 2.40. The van der Waals surface area contributed by atoms with Gasteiger partial charge in [0.25, 0.3) is 0 Å². The van der Waals surface area contributed by atoms with Crippen molar-refractivity contribution in [1.82, 2.24) is 4.90 Å². The normalized spacial score (nSPS) is 22.0. The molecule has 0 radical (unpaired) electrons. The molecule has 2 aliphatic rings. The van der Waals surface area contributed by atoms with Gasteiger partial charge in [0, 0.05) is 12.1 Å². The number of benzene rings is 1. The number of likely N-dealkylation sites (tertiary alicyclic amines) is 1. The molecule has 0 unspecified atom stereocenters. The molecule has 1 saturated carbocycles. The summed E-state index contributed by atoms with van der Waals surface area (Å²) in [6.07, 6.45) is 7.75. The number of nitrogens with zero attached hydrogens (tertiary/aromatic N) is 1. The minimum atomic E-state index is -0.886. The molecule has 126 valence electrons. The fourth-order valence-electron chi connectivity index (χ4n) is 4.11. The molecule has 1 aliphatic carbocycles. The summed E-state index contributed by atoms with van der Waals surface area (Å²) < 4.78 is 14.6. The third kappa shape index (κ3) is 3.42. The van der Waals surface area contributed by atoms with Crippen LogP contribution in [0.1, 0.15) is 62.5 Å². The Morgan fingerprint density at radius 2 is 1.74 bits per heavy atom. The Hall–Kier alpha value is -1.42. The minimum Gasteiger partial charge on any atom is -0.481 e. The highest BCUT2D eigenvalue weighted by atomic mass is 19.1. The molecule has 1 aliphatic heterocycles. The second kappa shape index (κ2) is 7.00. The van der Waals surface area contributed by atoms with Crippen LogP contribution in [0.15, 0.2) is 18.2 Å². The van der Waals surface area contributed by atoms with Gasteiger partial charge in [-0.25, -0.2) is 4.39 Å². The summed E-state index contributed by atoms with van der Waals surface area (Å²) in [5, 5.41) is 9.73. The molecule has 1 aromatic carbocycles. The zero-order valence-electron chi connectivity index (χ0n) is 13.7. The molecule has 2 fully saturated rings. The van der Waals surface area contributed by atoms with Crippen molar-refractivity contribution in [3.05, 3.63) is 35.1 Å². The third-order valence-electron chi connectivity index (χ3n) is 5.56. The molecular formula is C19H26FNO2. The van der Waals surface area contributed by atoms with E-state index >= 15 is 0 Å². The van der Waals surface area contributed by atoms with Crippen LogP contribution in [0.3, 0.4) is 0 Å². The maximum absolute atomic E-state index is 14.6. The predicted molar refractivity (Wildman–Crippen MR) is 87.9 cm³/mol. The lowest BCUT2D eigenvalue weighted by Crippen LogP contribution is -2.38. The summed E-state index contributed by atoms with van der Waals surface area (Å²) in [5.74, 6) is -1.06. The van der Waals surface area contributed by atoms with Crippen LogP contribution in [0.5, 0.6) is 0 Å². The Morgan fingerprint density at radius 1 is 1.09 bits per heavy atom. The van der Waals surface area contributed by atoms with E-state index in [1.54, 1.807) is 6.07 Å². The molecule has 0 aromatic heterocycles. The van der Waals surface area contributed by atoms with E-state index in [2.05, 4.69) is 4.90 Å². The molecule has 4 heteroatoms. The van der Waals surface area contributed by atoms with Crippen molar-refractivity contribution in [2.45, 2.75) is 63.3 Å². The van der Waals surface area contributed by atoms with Crippen molar-refractivity contribution >= 4 is 5.97 Å². The second-order valence-corrected chi connectivity index (χ2v) is 7.09. The van der Waals surface area contributed by atoms with Gasteiger partial charge in [-0.2, -0.15) is 0 Å². The number of carboxylic acids is 1. The van der Waals surface area contributed by atoms with Gasteiger partial charge in [-0.05, 0) is 50.4 Å². The average Bonchev–Trinajstić information content (AvgIpc) is 2.58. The van der Waals surface area contributed by atoms with Gasteiger partial charge in [0.05, 0.1) is 5.41 Å². The first-order valence-corrected chi connectivity index (χ1v) is 8.86. The molecule has 1 saturated heterocycles. The Morgan fingerprint density at radius 3 is 2.35 bits per heavy atom. The van der Waals surface area contributed by atoms with Gasteiger partial charge in [-0.3, -0.25) is 9.69 Å². The fraction of sp³-hybridized carbons (Fsp3) is 0.632. The molecule has 3 nitrogen and oxygen atoms in total. The van der Waals surface area contributed by atoms with Gasteiger partial charge < -0.3 is 5.11 Å². The number of piperidine rings is 1. The van der Waals surface area contributed by atoms with Crippen molar-refractivity contribution < 1.29 is 14.3 Å². The zero-order chi connectivity index (χ0) is 16.3. The first kappa shape index (κ1) is 16.4. The van der Waals surface area contributed by atoms with E-state index in [4.69, 9.17) is 0 Å². The van der Waals surface area contributed by atoms with Gasteiger partial charge in [0.15, 0.2) is 0 Å². The predicted octanol–water partition coefficient (Wildman–Crippen LogP) is 4.10. The molecule has 0 amide bonds. The topological polar surface area (TPSA) is 40.5 Å². The molecule has 0 atom stereocenters. The quantitative estimate of drug-likeness (QED) is 0.908. The third-order valence-corrected chi connectivity index (χ3v) is 5.56. The summed E-state index contributed by atoms with van der Waals surface area (Å²) in [5.41, 5.74) is 0.444. The Kier molecular flexibility index (Phi) is 5.00. The maximum Gasteiger partial charge on any atom is 0.314 e. The summed E-state index contributed by atoms with van der Waals surface area (Å²) >= 11 is 0. The summed E-state index contributed by atoms with van der Waals surface area (Å²) in [6.45, 7) is 2.69. The molecule has 0 bridgehead atoms. The summed E-state index contributed by atoms with van der Waals surface area (Å²) in [6, 6.07) is 5.14. The van der Waals surface area contributed by atoms with Gasteiger partial charge in [-0.1, -0.05) is 37.8 Å². The summed E-state index contributed by atoms with van der Waals surface area (Å²) in [4.78, 5) is 14.1. The van der Waals surface area contributed by atoms with Crippen LogP contribution in [-0.2, 0) is 16.8 Å². The van der Waals surface area contributed by atoms with Crippen LogP contribution in [-0.4, -0.2) is 29.1 Å². The molecule has 3 rings (SSSR count). The van der Waals surface area contributed by atoms with Crippen molar-refractivity contribution in [3.63, 3.8) is 0 Å². The van der Waals surface area contributed by atoms with Crippen LogP contribution in [0, 0.1) is 5.82 Å². The number of hydrogen-bond acceptors (Lipinski definition) is 2. The lowest BCUT2D eigenvalue weighted by Gasteiger charge is -2.34. The van der Waals surface area contributed by atoms with Gasteiger partial charge in [-0.15, -0.1) is 0 Å². The average molecular weight is 319 g/mol. The fourth-order valence-corrected chi connectivity index (χ4v) is 4.11. The van der Waals surface area contributed by atoms with Crippen molar-refractivity contribution in [3.8, 4) is 0 Å². The number of carbonyl (C=O) groups is 1. The van der Waals surface area contributed by atoms with Crippen molar-refractivity contribution in [2.24, 2.45) is 0 Å². The highest BCUT2D eigenvalue weighted by Gasteiger charge is 2.41. The Bertz CT molecular complexity index is 560. The highest BCUT2D eigenvalue weighted by molar-refractivity contribution is 5.81. The maximum atomic E-state index is 14.6. The number of rotatable bonds is 4. The molecular weight excluding hydrogens is 293 g/mol. The second-order valence-electron chi connectivity index (χ2n) is 7.09. The molecule has 0 spiro atoms. The van der Waals surface area contributed by atoms with Gasteiger partial charge in [0.1, 0.15) is 5.82 Å². The standard InChI is InChI=1S/C19H26FNO2/c20-17-13-16(19(18(22)23)9-3-1-4-10-19)8-7-15(17)14-21-11-5-2-6-12-21/h7-8,13H,1-6,9-12,14H2,(H,22,23). The Labute approximate surface area is 137 Å². The summed E-state index contributed by atoms with van der Waals surface area (Å²) in [7, 11) is 0. The molecule has 23 heavy (non-hydrogen) atoms.